The number of hydrogen-bond donors (Lipinski definition) is 1. The van der Waals surface area contributed by atoms with E-state index in [1.54, 1.807) is 36.0 Å². The second-order valence-electron chi connectivity index (χ2n) is 3.58. The molecule has 0 atom stereocenters. The minimum absolute atomic E-state index is 0.178. The maximum absolute atomic E-state index is 11.5. The van der Waals surface area contributed by atoms with Gasteiger partial charge in [-0.15, -0.1) is 11.3 Å². The van der Waals surface area contributed by atoms with E-state index in [0.29, 0.717) is 5.16 Å². The van der Waals surface area contributed by atoms with Crippen LogP contribution >= 0.6 is 23.1 Å². The Bertz CT molecular complexity index is 568. The molecule has 19 heavy (non-hydrogen) atoms. The molecule has 0 aromatic carbocycles. The predicted octanol–water partition coefficient (Wildman–Crippen LogP) is 2.09. The largest absolute Gasteiger partial charge is 0.272 e. The van der Waals surface area contributed by atoms with Crippen LogP contribution in [0, 0.1) is 6.92 Å². The Morgan fingerprint density at radius 3 is 3.00 bits per heavy atom. The summed E-state index contributed by atoms with van der Waals surface area (Å²) in [5.74, 6) is 0.0630. The topological polar surface area (TPSA) is 67.2 Å². The Labute approximate surface area is 119 Å². The number of thioether (sulfide) groups is 1. The van der Waals surface area contributed by atoms with Crippen molar-refractivity contribution in [1.29, 1.82) is 0 Å². The van der Waals surface area contributed by atoms with Crippen molar-refractivity contribution in [3.05, 3.63) is 40.3 Å². The first-order chi connectivity index (χ1) is 9.25. The van der Waals surface area contributed by atoms with Gasteiger partial charge in [0.15, 0.2) is 5.16 Å². The van der Waals surface area contributed by atoms with E-state index in [1.807, 2.05) is 18.4 Å². The standard InChI is InChI=1S/C12H12N4OS2/c1-9-3-6-18-10(9)7-15-16-11(17)8-19-12-13-4-2-5-14-12/h2-7H,8H2,1H3,(H,16,17)/b15-7+. The summed E-state index contributed by atoms with van der Waals surface area (Å²) in [5.41, 5.74) is 3.63. The molecule has 0 saturated carbocycles. The van der Waals surface area contributed by atoms with Gasteiger partial charge in [0.2, 0.25) is 0 Å². The van der Waals surface area contributed by atoms with Gasteiger partial charge in [0, 0.05) is 17.3 Å². The molecule has 0 unspecified atom stereocenters. The maximum atomic E-state index is 11.5. The predicted molar refractivity (Wildman–Crippen MR) is 77.5 cm³/mol. The van der Waals surface area contributed by atoms with Crippen molar-refractivity contribution in [3.63, 3.8) is 0 Å². The van der Waals surface area contributed by atoms with Gasteiger partial charge in [-0.2, -0.15) is 5.10 Å². The van der Waals surface area contributed by atoms with Crippen LogP contribution in [0.2, 0.25) is 0 Å². The Hall–Kier alpha value is -1.73. The molecule has 1 N–H and O–H groups in total. The third-order valence-corrected chi connectivity index (χ3v) is 3.98. The summed E-state index contributed by atoms with van der Waals surface area (Å²) in [5, 5.41) is 6.49. The van der Waals surface area contributed by atoms with E-state index in [1.165, 1.54) is 11.8 Å². The lowest BCUT2D eigenvalue weighted by Crippen LogP contribution is -2.19. The first kappa shape index (κ1) is 13.7. The first-order valence-electron chi connectivity index (χ1n) is 5.51. The van der Waals surface area contributed by atoms with Crippen molar-refractivity contribution >= 4 is 35.2 Å². The van der Waals surface area contributed by atoms with Gasteiger partial charge in [0.1, 0.15) is 0 Å². The van der Waals surface area contributed by atoms with E-state index >= 15 is 0 Å². The Morgan fingerprint density at radius 2 is 2.32 bits per heavy atom. The van der Waals surface area contributed by atoms with Gasteiger partial charge in [-0.1, -0.05) is 11.8 Å². The zero-order chi connectivity index (χ0) is 13.5. The van der Waals surface area contributed by atoms with Crippen molar-refractivity contribution in [2.45, 2.75) is 12.1 Å². The average Bonchev–Trinajstić information content (AvgIpc) is 2.83. The number of aromatic nitrogens is 2. The second-order valence-corrected chi connectivity index (χ2v) is 5.47. The van der Waals surface area contributed by atoms with Gasteiger partial charge in [0.05, 0.1) is 12.0 Å². The Balaban J connectivity index is 1.76. The highest BCUT2D eigenvalue weighted by molar-refractivity contribution is 7.99. The van der Waals surface area contributed by atoms with Crippen molar-refractivity contribution < 1.29 is 4.79 Å². The summed E-state index contributed by atoms with van der Waals surface area (Å²) in [6.07, 6.45) is 4.94. The summed E-state index contributed by atoms with van der Waals surface area (Å²) >= 11 is 2.86. The first-order valence-corrected chi connectivity index (χ1v) is 7.38. The lowest BCUT2D eigenvalue weighted by atomic mass is 10.3. The molecule has 2 rings (SSSR count). The highest BCUT2D eigenvalue weighted by atomic mass is 32.2. The number of hydrazone groups is 1. The second kappa shape index (κ2) is 7.01. The monoisotopic (exact) mass is 292 g/mol. The SMILES string of the molecule is Cc1ccsc1/C=N/NC(=O)CSc1ncccn1. The molecule has 0 saturated heterocycles. The lowest BCUT2D eigenvalue weighted by molar-refractivity contribution is -0.118. The molecule has 1 amide bonds. The van der Waals surface area contributed by atoms with Crippen LogP contribution in [-0.4, -0.2) is 27.8 Å². The number of thiophene rings is 1. The molecule has 0 spiro atoms. The zero-order valence-corrected chi connectivity index (χ0v) is 11.9. The summed E-state index contributed by atoms with van der Waals surface area (Å²) in [7, 11) is 0. The van der Waals surface area contributed by atoms with Crippen molar-refractivity contribution in [3.8, 4) is 0 Å². The average molecular weight is 292 g/mol. The fourth-order valence-electron chi connectivity index (χ4n) is 1.20. The number of carbonyl (C=O) groups is 1. The highest BCUT2D eigenvalue weighted by Crippen LogP contribution is 2.12. The van der Waals surface area contributed by atoms with Crippen LogP contribution in [0.15, 0.2) is 40.2 Å². The molecule has 0 aliphatic heterocycles. The quantitative estimate of drug-likeness (QED) is 0.396. The van der Waals surface area contributed by atoms with Crippen LogP contribution < -0.4 is 5.43 Å². The fraction of sp³-hybridized carbons (Fsp3) is 0.167. The molecule has 7 heteroatoms. The molecule has 5 nitrogen and oxygen atoms in total. The van der Waals surface area contributed by atoms with Gasteiger partial charge >= 0.3 is 0 Å². The lowest BCUT2D eigenvalue weighted by Gasteiger charge is -1.98. The molecule has 2 aromatic heterocycles. The van der Waals surface area contributed by atoms with E-state index in [4.69, 9.17) is 0 Å². The van der Waals surface area contributed by atoms with Crippen LogP contribution in [0.25, 0.3) is 0 Å². The molecular weight excluding hydrogens is 280 g/mol. The van der Waals surface area contributed by atoms with E-state index in [0.717, 1.165) is 10.4 Å². The Kier molecular flexibility index (Phi) is 5.05. The molecular formula is C12H12N4OS2. The Morgan fingerprint density at radius 1 is 1.53 bits per heavy atom. The van der Waals surface area contributed by atoms with Crippen LogP contribution in [0.5, 0.6) is 0 Å². The molecule has 2 heterocycles. The van der Waals surface area contributed by atoms with Gasteiger partial charge in [-0.25, -0.2) is 15.4 Å². The molecule has 0 aliphatic carbocycles. The number of nitrogens with zero attached hydrogens (tertiary/aromatic N) is 3. The summed E-state index contributed by atoms with van der Waals surface area (Å²) in [6.45, 7) is 2.00. The van der Waals surface area contributed by atoms with Crippen molar-refractivity contribution in [1.82, 2.24) is 15.4 Å². The van der Waals surface area contributed by atoms with Crippen LogP contribution in [0.4, 0.5) is 0 Å². The number of rotatable bonds is 5. The molecule has 2 aromatic rings. The van der Waals surface area contributed by atoms with Crippen LogP contribution in [0.1, 0.15) is 10.4 Å². The molecule has 0 aliphatic rings. The third kappa shape index (κ3) is 4.46. The van der Waals surface area contributed by atoms with E-state index in [2.05, 4.69) is 20.5 Å². The van der Waals surface area contributed by atoms with Gasteiger partial charge in [-0.05, 0) is 30.0 Å². The van der Waals surface area contributed by atoms with Crippen LogP contribution in [0.3, 0.4) is 0 Å². The number of amides is 1. The zero-order valence-electron chi connectivity index (χ0n) is 10.2. The molecule has 0 bridgehead atoms. The number of carbonyl (C=O) groups excluding carboxylic acids is 1. The molecule has 98 valence electrons. The van der Waals surface area contributed by atoms with E-state index in [-0.39, 0.29) is 11.7 Å². The summed E-state index contributed by atoms with van der Waals surface area (Å²) in [6, 6.07) is 3.74. The third-order valence-electron chi connectivity index (χ3n) is 2.15. The van der Waals surface area contributed by atoms with Crippen molar-refractivity contribution in [2.75, 3.05) is 5.75 Å². The minimum atomic E-state index is -0.178. The van der Waals surface area contributed by atoms with Gasteiger partial charge in [0.25, 0.3) is 5.91 Å². The smallest absolute Gasteiger partial charge is 0.250 e. The minimum Gasteiger partial charge on any atom is -0.272 e. The number of nitrogens with one attached hydrogen (secondary N) is 1. The number of aryl methyl sites for hydroxylation is 1. The van der Waals surface area contributed by atoms with Gasteiger partial charge in [-0.3, -0.25) is 4.79 Å². The summed E-state index contributed by atoms with van der Waals surface area (Å²) in [4.78, 5) is 20.6. The van der Waals surface area contributed by atoms with E-state index in [9.17, 15) is 4.79 Å². The molecule has 0 fully saturated rings. The summed E-state index contributed by atoms with van der Waals surface area (Å²) < 4.78 is 0. The normalized spacial score (nSPS) is 10.8. The van der Waals surface area contributed by atoms with Crippen LogP contribution in [-0.2, 0) is 4.79 Å². The molecule has 0 radical (unpaired) electrons. The number of hydrogen-bond acceptors (Lipinski definition) is 6. The highest BCUT2D eigenvalue weighted by Gasteiger charge is 2.03. The van der Waals surface area contributed by atoms with Crippen molar-refractivity contribution in [2.24, 2.45) is 5.10 Å². The fourth-order valence-corrected chi connectivity index (χ4v) is 2.58. The maximum Gasteiger partial charge on any atom is 0.250 e. The van der Waals surface area contributed by atoms with Gasteiger partial charge < -0.3 is 0 Å². The van der Waals surface area contributed by atoms with E-state index < -0.39 is 0 Å².